The highest BCUT2D eigenvalue weighted by Crippen LogP contribution is 2.39. The first-order chi connectivity index (χ1) is 17.4. The number of benzene rings is 1. The van der Waals surface area contributed by atoms with E-state index in [-0.39, 0.29) is 11.6 Å². The predicted molar refractivity (Wildman–Crippen MR) is 147 cm³/mol. The summed E-state index contributed by atoms with van der Waals surface area (Å²) < 4.78 is 18.6. The van der Waals surface area contributed by atoms with Crippen LogP contribution in [0.3, 0.4) is 0 Å². The van der Waals surface area contributed by atoms with Gasteiger partial charge in [-0.3, -0.25) is 9.59 Å². The Hall–Kier alpha value is -2.48. The third kappa shape index (κ3) is 13.0. The number of carbonyl (C=O) groups excluding carboxylic acids is 2. The van der Waals surface area contributed by atoms with Gasteiger partial charge in [-0.2, -0.15) is 0 Å². The first-order valence-corrected chi connectivity index (χ1v) is 14.0. The van der Waals surface area contributed by atoms with Gasteiger partial charge in [-0.1, -0.05) is 90.4 Å². The molecule has 0 saturated carbocycles. The van der Waals surface area contributed by atoms with E-state index in [4.69, 9.17) is 14.2 Å². The number of ketones is 2. The quantitative estimate of drug-likeness (QED) is 0.104. The van der Waals surface area contributed by atoms with Crippen molar-refractivity contribution in [2.24, 2.45) is 5.92 Å². The summed E-state index contributed by atoms with van der Waals surface area (Å²) in [6.07, 6.45) is 13.3. The molecule has 5 nitrogen and oxygen atoms in total. The average molecular weight is 501 g/mol. The highest BCUT2D eigenvalue weighted by Gasteiger charge is 2.18. The molecule has 202 valence electrons. The maximum absolute atomic E-state index is 11.9. The van der Waals surface area contributed by atoms with E-state index < -0.39 is 5.92 Å². The molecule has 0 aliphatic carbocycles. The Morgan fingerprint density at radius 3 is 1.47 bits per heavy atom. The van der Waals surface area contributed by atoms with E-state index in [1.54, 1.807) is 0 Å². The summed E-state index contributed by atoms with van der Waals surface area (Å²) in [5, 5.41) is 0. The predicted octanol–water partition coefficient (Wildman–Crippen LogP) is 7.71. The number of carbonyl (C=O) groups is 2. The van der Waals surface area contributed by atoms with E-state index in [0.29, 0.717) is 42.6 Å². The summed E-state index contributed by atoms with van der Waals surface area (Å²) in [5.74, 6) is 6.28. The van der Waals surface area contributed by atoms with Gasteiger partial charge in [-0.15, -0.1) is 0 Å². The highest BCUT2D eigenvalue weighted by molar-refractivity contribution is 6.03. The molecule has 1 aromatic carbocycles. The van der Waals surface area contributed by atoms with Crippen LogP contribution in [0.1, 0.15) is 117 Å². The molecule has 0 unspecified atom stereocenters. The van der Waals surface area contributed by atoms with E-state index >= 15 is 0 Å². The van der Waals surface area contributed by atoms with Crippen LogP contribution in [0.25, 0.3) is 0 Å². The fourth-order valence-electron chi connectivity index (χ4n) is 3.78. The third-order valence-electron chi connectivity index (χ3n) is 5.95. The summed E-state index contributed by atoms with van der Waals surface area (Å²) >= 11 is 0. The van der Waals surface area contributed by atoms with E-state index in [0.717, 1.165) is 38.5 Å². The number of Topliss-reactive ketones (excluding diaryl/α,β-unsaturated/α-hetero) is 2. The smallest absolute Gasteiger partial charge is 0.203 e. The van der Waals surface area contributed by atoms with Gasteiger partial charge in [0.05, 0.1) is 19.8 Å². The third-order valence-corrected chi connectivity index (χ3v) is 5.95. The fraction of sp³-hybridized carbons (Fsp3) is 0.677. The van der Waals surface area contributed by atoms with Gasteiger partial charge in [0.2, 0.25) is 5.75 Å². The molecule has 1 rings (SSSR count). The molecule has 36 heavy (non-hydrogen) atoms. The van der Waals surface area contributed by atoms with Gasteiger partial charge in [-0.05, 0) is 45.2 Å². The molecule has 0 bridgehead atoms. The van der Waals surface area contributed by atoms with Crippen LogP contribution < -0.4 is 14.2 Å². The van der Waals surface area contributed by atoms with E-state index in [1.165, 1.54) is 52.4 Å². The van der Waals surface area contributed by atoms with Gasteiger partial charge in [0, 0.05) is 5.56 Å². The Labute approximate surface area is 219 Å². The molecule has 0 aliphatic heterocycles. The molecule has 0 spiro atoms. The minimum atomic E-state index is -0.920. The topological polar surface area (TPSA) is 61.8 Å². The van der Waals surface area contributed by atoms with Crippen LogP contribution in [0.15, 0.2) is 12.1 Å². The summed E-state index contributed by atoms with van der Waals surface area (Å²) in [6.45, 7) is 11.1. The van der Waals surface area contributed by atoms with Crippen molar-refractivity contribution in [1.82, 2.24) is 0 Å². The van der Waals surface area contributed by atoms with Crippen molar-refractivity contribution in [2.75, 3.05) is 19.8 Å². The van der Waals surface area contributed by atoms with Crippen molar-refractivity contribution in [3.63, 3.8) is 0 Å². The van der Waals surface area contributed by atoms with E-state index in [2.05, 4.69) is 32.6 Å². The zero-order chi connectivity index (χ0) is 26.6. The highest BCUT2D eigenvalue weighted by atomic mass is 16.5. The molecule has 0 saturated heterocycles. The Morgan fingerprint density at radius 1 is 0.667 bits per heavy atom. The number of hydrogen-bond acceptors (Lipinski definition) is 5. The molecule has 0 atom stereocenters. The van der Waals surface area contributed by atoms with Crippen LogP contribution in [-0.4, -0.2) is 31.4 Å². The second-order valence-corrected chi connectivity index (χ2v) is 9.45. The van der Waals surface area contributed by atoms with Crippen LogP contribution in [0.2, 0.25) is 0 Å². The van der Waals surface area contributed by atoms with Crippen molar-refractivity contribution in [3.8, 4) is 29.1 Å². The van der Waals surface area contributed by atoms with Crippen LogP contribution in [0.4, 0.5) is 0 Å². The zero-order valence-corrected chi connectivity index (χ0v) is 23.4. The average Bonchev–Trinajstić information content (AvgIpc) is 2.84. The number of rotatable bonds is 20. The maximum atomic E-state index is 11.9. The van der Waals surface area contributed by atoms with Crippen molar-refractivity contribution in [3.05, 3.63) is 17.7 Å². The zero-order valence-electron chi connectivity index (χ0n) is 23.4. The van der Waals surface area contributed by atoms with E-state index in [9.17, 15) is 9.59 Å². The molecule has 0 aromatic heterocycles. The standard InChI is InChI=1S/C31H48O5/c1-6-9-12-15-20-34-29-23-27(18-19-28(25(4)32)26(5)33)24-30(35-21-16-13-10-7-2)31(29)36-22-17-14-11-8-3/h23-24,28H,6-17,20-22H2,1-5H3. The first-order valence-electron chi connectivity index (χ1n) is 14.0. The van der Waals surface area contributed by atoms with E-state index in [1.807, 2.05) is 12.1 Å². The van der Waals surface area contributed by atoms with Gasteiger partial charge in [0.15, 0.2) is 23.1 Å². The molecule has 0 fully saturated rings. The largest absolute Gasteiger partial charge is 0.490 e. The fourth-order valence-corrected chi connectivity index (χ4v) is 3.78. The van der Waals surface area contributed by atoms with Crippen LogP contribution in [0, 0.1) is 17.8 Å². The summed E-state index contributed by atoms with van der Waals surface area (Å²) in [6, 6.07) is 3.69. The molecule has 1 aromatic rings. The monoisotopic (exact) mass is 500 g/mol. The van der Waals surface area contributed by atoms with Crippen LogP contribution in [-0.2, 0) is 9.59 Å². The normalized spacial score (nSPS) is 10.6. The van der Waals surface area contributed by atoms with Crippen LogP contribution >= 0.6 is 0 Å². The molecule has 0 radical (unpaired) electrons. The number of ether oxygens (including phenoxy) is 3. The lowest BCUT2D eigenvalue weighted by molar-refractivity contribution is -0.127. The Bertz CT molecular complexity index is 784. The van der Waals surface area contributed by atoms with Crippen molar-refractivity contribution >= 4 is 11.6 Å². The van der Waals surface area contributed by atoms with Crippen molar-refractivity contribution in [2.45, 2.75) is 112 Å². The molecule has 0 heterocycles. The lowest BCUT2D eigenvalue weighted by Gasteiger charge is -2.18. The van der Waals surface area contributed by atoms with Crippen molar-refractivity contribution in [1.29, 1.82) is 0 Å². The minimum Gasteiger partial charge on any atom is -0.490 e. The number of unbranched alkanes of at least 4 members (excludes halogenated alkanes) is 9. The number of hydrogen-bond donors (Lipinski definition) is 0. The van der Waals surface area contributed by atoms with Gasteiger partial charge >= 0.3 is 0 Å². The van der Waals surface area contributed by atoms with Gasteiger partial charge in [0.25, 0.3) is 0 Å². The second kappa shape index (κ2) is 19.7. The summed E-state index contributed by atoms with van der Waals surface area (Å²) in [4.78, 5) is 23.7. The lowest BCUT2D eigenvalue weighted by Crippen LogP contribution is -2.17. The van der Waals surface area contributed by atoms with Gasteiger partial charge in [-0.25, -0.2) is 0 Å². The minimum absolute atomic E-state index is 0.248. The molecular formula is C31H48O5. The molecule has 0 amide bonds. The lowest BCUT2D eigenvalue weighted by atomic mass is 10.0. The molecule has 0 N–H and O–H groups in total. The van der Waals surface area contributed by atoms with Crippen molar-refractivity contribution < 1.29 is 23.8 Å². The van der Waals surface area contributed by atoms with Gasteiger partial charge in [0.1, 0.15) is 5.92 Å². The first kappa shape index (κ1) is 31.5. The Kier molecular flexibility index (Phi) is 17.2. The maximum Gasteiger partial charge on any atom is 0.203 e. The van der Waals surface area contributed by atoms with Crippen LogP contribution in [0.5, 0.6) is 17.2 Å². The molecule has 0 aliphatic rings. The Morgan fingerprint density at radius 2 is 1.08 bits per heavy atom. The molecular weight excluding hydrogens is 452 g/mol. The summed E-state index contributed by atoms with van der Waals surface area (Å²) in [5.41, 5.74) is 0.646. The van der Waals surface area contributed by atoms with Gasteiger partial charge < -0.3 is 14.2 Å². The molecule has 5 heteroatoms. The second-order valence-electron chi connectivity index (χ2n) is 9.45. The summed E-state index contributed by atoms with van der Waals surface area (Å²) in [7, 11) is 0. The Balaban J connectivity index is 3.23. The SMILES string of the molecule is CCCCCCOc1cc(C#CC(C(C)=O)C(C)=O)cc(OCCCCCC)c1OCCCCCC.